The number of nitrogens with zero attached hydrogens (tertiary/aromatic N) is 1. The highest BCUT2D eigenvalue weighted by Crippen LogP contribution is 2.18. The second-order valence-electron chi connectivity index (χ2n) is 3.02. The molecule has 0 N–H and O–H groups in total. The van der Waals surface area contributed by atoms with Crippen LogP contribution >= 0.6 is 11.6 Å². The molecule has 1 rings (SSSR count). The molecule has 0 aliphatic carbocycles. The van der Waals surface area contributed by atoms with Crippen LogP contribution in [-0.4, -0.2) is 12.8 Å². The minimum absolute atomic E-state index is 0.0267. The van der Waals surface area contributed by atoms with Gasteiger partial charge in [0.2, 0.25) is 0 Å². The zero-order valence-electron chi connectivity index (χ0n) is 8.20. The van der Waals surface area contributed by atoms with Crippen LogP contribution < -0.4 is 4.90 Å². The lowest BCUT2D eigenvalue weighted by molar-refractivity contribution is -0.112. The van der Waals surface area contributed by atoms with Crippen LogP contribution in [0.2, 0.25) is 5.02 Å². The van der Waals surface area contributed by atoms with E-state index in [0.717, 1.165) is 5.69 Å². The largest absolute Gasteiger partial charge is 0.351 e. The second kappa shape index (κ2) is 4.82. The molecule has 1 aromatic carbocycles. The van der Waals surface area contributed by atoms with Crippen LogP contribution in [0.3, 0.4) is 0 Å². The Balaban J connectivity index is 2.79. The van der Waals surface area contributed by atoms with E-state index >= 15 is 0 Å². The minimum Gasteiger partial charge on any atom is -0.351 e. The van der Waals surface area contributed by atoms with Crippen LogP contribution in [0.1, 0.15) is 6.92 Å². The third-order valence-electron chi connectivity index (χ3n) is 1.75. The first-order chi connectivity index (χ1) is 6.59. The first kappa shape index (κ1) is 10.8. The number of benzene rings is 1. The molecular weight excluding hydrogens is 198 g/mol. The third-order valence-corrected chi connectivity index (χ3v) is 1.98. The van der Waals surface area contributed by atoms with Gasteiger partial charge in [-0.2, -0.15) is 0 Å². The highest BCUT2D eigenvalue weighted by Gasteiger charge is 1.97. The van der Waals surface area contributed by atoms with Crippen LogP contribution in [0.25, 0.3) is 0 Å². The molecule has 0 aliphatic heterocycles. The minimum atomic E-state index is 0.0267. The summed E-state index contributed by atoms with van der Waals surface area (Å²) in [7, 11) is 1.87. The Bertz CT molecular complexity index is 360. The molecule has 1 aromatic rings. The molecule has 0 spiro atoms. The Morgan fingerprint density at radius 3 is 2.79 bits per heavy atom. The molecule has 0 atom stereocenters. The predicted molar refractivity (Wildman–Crippen MR) is 59.7 cm³/mol. The molecule has 0 unspecified atom stereocenters. The van der Waals surface area contributed by atoms with Crippen molar-refractivity contribution in [2.24, 2.45) is 0 Å². The van der Waals surface area contributed by atoms with Crippen molar-refractivity contribution < 1.29 is 4.79 Å². The summed E-state index contributed by atoms with van der Waals surface area (Å²) in [5, 5.41) is 0.686. The molecule has 0 aromatic heterocycles. The van der Waals surface area contributed by atoms with Crippen molar-refractivity contribution in [3.8, 4) is 0 Å². The van der Waals surface area contributed by atoms with Gasteiger partial charge in [-0.25, -0.2) is 0 Å². The number of carbonyl (C=O) groups excluding carboxylic acids is 1. The highest BCUT2D eigenvalue weighted by molar-refractivity contribution is 6.30. The number of hydrogen-bond donors (Lipinski definition) is 0. The zero-order chi connectivity index (χ0) is 10.6. The maximum Gasteiger partial charge on any atom is 0.154 e. The Hall–Kier alpha value is -1.28. The summed E-state index contributed by atoms with van der Waals surface area (Å²) in [5.41, 5.74) is 0.954. The Morgan fingerprint density at radius 1 is 1.50 bits per heavy atom. The number of hydrogen-bond acceptors (Lipinski definition) is 2. The van der Waals surface area contributed by atoms with E-state index in [1.807, 2.05) is 36.2 Å². The van der Waals surface area contributed by atoms with Gasteiger partial charge in [0.15, 0.2) is 5.78 Å². The maximum atomic E-state index is 10.7. The fourth-order valence-electron chi connectivity index (χ4n) is 0.998. The van der Waals surface area contributed by atoms with Gasteiger partial charge in [-0.05, 0) is 31.2 Å². The summed E-state index contributed by atoms with van der Waals surface area (Å²) >= 11 is 5.83. The molecule has 0 saturated carbocycles. The van der Waals surface area contributed by atoms with Crippen molar-refractivity contribution in [1.29, 1.82) is 0 Å². The van der Waals surface area contributed by atoms with E-state index in [1.54, 1.807) is 6.20 Å². The average Bonchev–Trinajstić information content (AvgIpc) is 2.14. The smallest absolute Gasteiger partial charge is 0.154 e. The van der Waals surface area contributed by atoms with Gasteiger partial charge in [0.25, 0.3) is 0 Å². The van der Waals surface area contributed by atoms with Gasteiger partial charge in [-0.1, -0.05) is 17.7 Å². The number of ketones is 1. The number of halogens is 1. The molecule has 0 bridgehead atoms. The molecule has 0 fully saturated rings. The van der Waals surface area contributed by atoms with Gasteiger partial charge < -0.3 is 4.90 Å². The number of allylic oxidation sites excluding steroid dienone is 1. The topological polar surface area (TPSA) is 20.3 Å². The Labute approximate surface area is 88.8 Å². The lowest BCUT2D eigenvalue weighted by Crippen LogP contribution is -2.08. The SMILES string of the molecule is CC(=O)/C=C/N(C)c1cccc(Cl)c1. The van der Waals surface area contributed by atoms with Gasteiger partial charge in [-0.15, -0.1) is 0 Å². The third kappa shape index (κ3) is 3.23. The average molecular weight is 210 g/mol. The molecule has 0 aliphatic rings. The number of carbonyl (C=O) groups is 1. The molecular formula is C11H12ClNO. The van der Waals surface area contributed by atoms with Gasteiger partial charge >= 0.3 is 0 Å². The summed E-state index contributed by atoms with van der Waals surface area (Å²) in [6, 6.07) is 7.45. The Kier molecular flexibility index (Phi) is 3.72. The molecule has 0 amide bonds. The van der Waals surface area contributed by atoms with Crippen molar-refractivity contribution in [3.63, 3.8) is 0 Å². The molecule has 0 saturated heterocycles. The van der Waals surface area contributed by atoms with E-state index in [2.05, 4.69) is 0 Å². The lowest BCUT2D eigenvalue weighted by atomic mass is 10.3. The predicted octanol–water partition coefficient (Wildman–Crippen LogP) is 2.88. The van der Waals surface area contributed by atoms with Crippen molar-refractivity contribution in [3.05, 3.63) is 41.6 Å². The van der Waals surface area contributed by atoms with Gasteiger partial charge in [0.1, 0.15) is 0 Å². The first-order valence-electron chi connectivity index (χ1n) is 4.27. The van der Waals surface area contributed by atoms with Crippen LogP contribution in [0.15, 0.2) is 36.5 Å². The first-order valence-corrected chi connectivity index (χ1v) is 4.64. The van der Waals surface area contributed by atoms with Crippen molar-refractivity contribution in [2.75, 3.05) is 11.9 Å². The van der Waals surface area contributed by atoms with Gasteiger partial charge in [0, 0.05) is 24.0 Å². The van der Waals surface area contributed by atoms with Crippen LogP contribution in [-0.2, 0) is 4.79 Å². The number of anilines is 1. The fourth-order valence-corrected chi connectivity index (χ4v) is 1.18. The fraction of sp³-hybridized carbons (Fsp3) is 0.182. The second-order valence-corrected chi connectivity index (χ2v) is 3.45. The van der Waals surface area contributed by atoms with E-state index in [-0.39, 0.29) is 5.78 Å². The molecule has 2 nitrogen and oxygen atoms in total. The van der Waals surface area contributed by atoms with Crippen LogP contribution in [0.5, 0.6) is 0 Å². The summed E-state index contributed by atoms with van der Waals surface area (Å²) in [4.78, 5) is 12.5. The van der Waals surface area contributed by atoms with Gasteiger partial charge in [-0.3, -0.25) is 4.79 Å². The molecule has 0 heterocycles. The molecule has 14 heavy (non-hydrogen) atoms. The molecule has 3 heteroatoms. The normalized spacial score (nSPS) is 10.5. The van der Waals surface area contributed by atoms with Gasteiger partial charge in [0.05, 0.1) is 0 Å². The van der Waals surface area contributed by atoms with Crippen molar-refractivity contribution in [2.45, 2.75) is 6.92 Å². The standard InChI is InChI=1S/C11H12ClNO/c1-9(14)6-7-13(2)11-5-3-4-10(12)8-11/h3-8H,1-2H3/b7-6+. The summed E-state index contributed by atoms with van der Waals surface area (Å²) in [6.07, 6.45) is 3.23. The van der Waals surface area contributed by atoms with E-state index in [9.17, 15) is 4.79 Å². The zero-order valence-corrected chi connectivity index (χ0v) is 8.95. The van der Waals surface area contributed by atoms with E-state index in [1.165, 1.54) is 13.0 Å². The van der Waals surface area contributed by atoms with Crippen molar-refractivity contribution >= 4 is 23.1 Å². The lowest BCUT2D eigenvalue weighted by Gasteiger charge is -2.13. The van der Waals surface area contributed by atoms with Crippen LogP contribution in [0.4, 0.5) is 5.69 Å². The highest BCUT2D eigenvalue weighted by atomic mass is 35.5. The van der Waals surface area contributed by atoms with E-state index in [4.69, 9.17) is 11.6 Å². The monoisotopic (exact) mass is 209 g/mol. The molecule has 74 valence electrons. The van der Waals surface area contributed by atoms with Crippen molar-refractivity contribution in [1.82, 2.24) is 0 Å². The number of rotatable bonds is 3. The van der Waals surface area contributed by atoms with Crippen LogP contribution in [0, 0.1) is 0 Å². The Morgan fingerprint density at radius 2 is 2.21 bits per heavy atom. The molecule has 0 radical (unpaired) electrons. The van der Waals surface area contributed by atoms with E-state index < -0.39 is 0 Å². The quantitative estimate of drug-likeness (QED) is 0.714. The summed E-state index contributed by atoms with van der Waals surface area (Å²) in [6.45, 7) is 1.52. The maximum absolute atomic E-state index is 10.7. The van der Waals surface area contributed by atoms with E-state index in [0.29, 0.717) is 5.02 Å². The summed E-state index contributed by atoms with van der Waals surface area (Å²) < 4.78 is 0. The summed E-state index contributed by atoms with van der Waals surface area (Å²) in [5.74, 6) is 0.0267.